The number of piperidine rings is 1. The zero-order valence-corrected chi connectivity index (χ0v) is 22.9. The molecule has 0 aromatic heterocycles. The van der Waals surface area contributed by atoms with E-state index >= 15 is 0 Å². The first-order valence-corrected chi connectivity index (χ1v) is 15.6. The highest BCUT2D eigenvalue weighted by atomic mass is 32.2. The van der Waals surface area contributed by atoms with Gasteiger partial charge in [-0.3, -0.25) is 19.2 Å². The molecule has 3 N–H and O–H groups in total. The maximum Gasteiger partial charge on any atom is 0.248 e. The van der Waals surface area contributed by atoms with Crippen molar-refractivity contribution in [2.24, 2.45) is 5.92 Å². The number of likely N-dealkylation sites (tertiary alicyclic amines) is 1. The summed E-state index contributed by atoms with van der Waals surface area (Å²) in [5.41, 5.74) is 0.713. The molecule has 9 nitrogen and oxygen atoms in total. The van der Waals surface area contributed by atoms with Crippen LogP contribution in [0.4, 0.5) is 5.69 Å². The minimum Gasteiger partial charge on any atom is -0.390 e. The van der Waals surface area contributed by atoms with Gasteiger partial charge in [-0.15, -0.1) is 0 Å². The van der Waals surface area contributed by atoms with Crippen LogP contribution in [0.5, 0.6) is 0 Å². The summed E-state index contributed by atoms with van der Waals surface area (Å²) in [6, 6.07) is 6.45. The first kappa shape index (κ1) is 27.9. The van der Waals surface area contributed by atoms with Gasteiger partial charge in [0.05, 0.1) is 12.4 Å². The van der Waals surface area contributed by atoms with Gasteiger partial charge in [0.1, 0.15) is 11.6 Å². The Labute approximate surface area is 221 Å². The summed E-state index contributed by atoms with van der Waals surface area (Å²) in [6.07, 6.45) is 8.23. The summed E-state index contributed by atoms with van der Waals surface area (Å²) in [7, 11) is -3.32. The van der Waals surface area contributed by atoms with Crippen LogP contribution in [0.25, 0.3) is 0 Å². The van der Waals surface area contributed by atoms with Gasteiger partial charge in [-0.2, -0.15) is 0 Å². The van der Waals surface area contributed by atoms with Crippen molar-refractivity contribution in [1.29, 1.82) is 0 Å². The maximum atomic E-state index is 13.7. The molecule has 3 aliphatic rings. The number of rotatable bonds is 9. The summed E-state index contributed by atoms with van der Waals surface area (Å²) in [5, 5.41) is 14.1. The molecule has 37 heavy (non-hydrogen) atoms. The number of amides is 2. The molecule has 206 valence electrons. The molecule has 2 amide bonds. The number of carbonyl (C=O) groups excluding carboxylic acids is 2. The number of hydrogen-bond donors (Lipinski definition) is 3. The molecule has 2 heterocycles. The highest BCUT2D eigenvalue weighted by Crippen LogP contribution is 2.36. The average Bonchev–Trinajstić information content (AvgIpc) is 2.88. The minimum absolute atomic E-state index is 0.0611. The molecule has 2 atom stereocenters. The first-order valence-electron chi connectivity index (χ1n) is 13.7. The van der Waals surface area contributed by atoms with Gasteiger partial charge < -0.3 is 15.3 Å². The van der Waals surface area contributed by atoms with Crippen molar-refractivity contribution < 1.29 is 23.1 Å². The van der Waals surface area contributed by atoms with Crippen LogP contribution in [0.1, 0.15) is 70.3 Å². The van der Waals surface area contributed by atoms with Crippen LogP contribution < -0.4 is 10.0 Å². The van der Waals surface area contributed by atoms with Gasteiger partial charge in [-0.05, 0) is 55.7 Å². The SMILES string of the molecule is CCCCN1C(=O)[C@@H]([C@H](O)C2CCCCC2)NC(=O)C12CCN(Cc1ccc(NS(C)(=O)=O)cc1)CC2. The molecule has 2 saturated heterocycles. The number of anilines is 1. The predicted octanol–water partition coefficient (Wildman–Crippen LogP) is 2.46. The van der Waals surface area contributed by atoms with Crippen LogP contribution >= 0.6 is 0 Å². The standard InChI is InChI=1S/C27H42N4O5S/c1-3-4-16-31-25(33)23(24(32)21-8-6-5-7-9-21)28-26(34)27(31)14-17-30(18-15-27)19-20-10-12-22(13-11-20)29-37(2,35)36/h10-13,21,23-24,29,32H,3-9,14-19H2,1-2H3,(H,28,34)/t23-,24-/m1/s1. The van der Waals surface area contributed by atoms with Crippen molar-refractivity contribution in [1.82, 2.24) is 15.1 Å². The van der Waals surface area contributed by atoms with Gasteiger partial charge in [0, 0.05) is 31.9 Å². The molecule has 4 rings (SSSR count). The molecule has 1 spiro atoms. The lowest BCUT2D eigenvalue weighted by Gasteiger charge is -2.52. The normalized spacial score (nSPS) is 24.2. The second-order valence-electron chi connectivity index (χ2n) is 11.1. The number of aliphatic hydroxyl groups excluding tert-OH is 1. The Bertz CT molecular complexity index is 1050. The number of unbranched alkanes of at least 4 members (excludes halogenated alkanes) is 1. The van der Waals surface area contributed by atoms with E-state index in [1.165, 1.54) is 0 Å². The molecular weight excluding hydrogens is 492 g/mol. The molecule has 1 aliphatic carbocycles. The fourth-order valence-electron chi connectivity index (χ4n) is 6.19. The van der Waals surface area contributed by atoms with Crippen molar-refractivity contribution in [2.75, 3.05) is 30.6 Å². The fourth-order valence-corrected chi connectivity index (χ4v) is 6.75. The lowest BCUT2D eigenvalue weighted by Crippen LogP contribution is -2.75. The summed E-state index contributed by atoms with van der Waals surface area (Å²) < 4.78 is 25.3. The lowest BCUT2D eigenvalue weighted by molar-refractivity contribution is -0.166. The van der Waals surface area contributed by atoms with Crippen LogP contribution in [0.2, 0.25) is 0 Å². The highest BCUT2D eigenvalue weighted by molar-refractivity contribution is 7.92. The van der Waals surface area contributed by atoms with E-state index < -0.39 is 27.7 Å². The molecule has 3 fully saturated rings. The number of nitrogens with zero attached hydrogens (tertiary/aromatic N) is 2. The van der Waals surface area contributed by atoms with E-state index in [0.717, 1.165) is 56.8 Å². The molecule has 0 radical (unpaired) electrons. The van der Waals surface area contributed by atoms with Crippen molar-refractivity contribution in [3.63, 3.8) is 0 Å². The van der Waals surface area contributed by atoms with Gasteiger partial charge in [-0.25, -0.2) is 8.42 Å². The summed E-state index contributed by atoms with van der Waals surface area (Å²) in [4.78, 5) is 31.4. The second kappa shape index (κ2) is 11.7. The van der Waals surface area contributed by atoms with Gasteiger partial charge in [-0.1, -0.05) is 44.7 Å². The Balaban J connectivity index is 1.43. The van der Waals surface area contributed by atoms with Gasteiger partial charge in [0.2, 0.25) is 21.8 Å². The van der Waals surface area contributed by atoms with E-state index in [2.05, 4.69) is 21.9 Å². The molecule has 1 aromatic carbocycles. The molecule has 2 aliphatic heterocycles. The quantitative estimate of drug-likeness (QED) is 0.448. The van der Waals surface area contributed by atoms with E-state index in [9.17, 15) is 23.1 Å². The number of hydrogen-bond acceptors (Lipinski definition) is 6. The molecule has 1 aromatic rings. The third-order valence-corrected chi connectivity index (χ3v) is 8.92. The number of sulfonamides is 1. The van der Waals surface area contributed by atoms with Crippen molar-refractivity contribution in [3.8, 4) is 0 Å². The lowest BCUT2D eigenvalue weighted by atomic mass is 9.78. The summed E-state index contributed by atoms with van der Waals surface area (Å²) in [6.45, 7) is 4.63. The summed E-state index contributed by atoms with van der Waals surface area (Å²) in [5.74, 6) is -0.196. The van der Waals surface area contributed by atoms with E-state index in [1.807, 2.05) is 12.1 Å². The van der Waals surface area contributed by atoms with Crippen molar-refractivity contribution >= 4 is 27.5 Å². The van der Waals surface area contributed by atoms with E-state index in [-0.39, 0.29) is 17.7 Å². The minimum atomic E-state index is -3.32. The van der Waals surface area contributed by atoms with Crippen LogP contribution in [0, 0.1) is 5.92 Å². The number of piperazine rings is 1. The topological polar surface area (TPSA) is 119 Å². The van der Waals surface area contributed by atoms with Crippen LogP contribution in [-0.2, 0) is 26.2 Å². The van der Waals surface area contributed by atoms with E-state index in [1.54, 1.807) is 17.0 Å². The summed E-state index contributed by atoms with van der Waals surface area (Å²) >= 11 is 0. The average molecular weight is 535 g/mol. The third-order valence-electron chi connectivity index (χ3n) is 8.31. The Hall–Kier alpha value is -2.17. The van der Waals surface area contributed by atoms with Crippen molar-refractivity contribution in [2.45, 2.75) is 88.9 Å². The zero-order chi connectivity index (χ0) is 26.6. The molecule has 0 bridgehead atoms. The van der Waals surface area contributed by atoms with Gasteiger partial charge in [0.25, 0.3) is 0 Å². The van der Waals surface area contributed by atoms with Crippen LogP contribution in [-0.4, -0.2) is 78.7 Å². The van der Waals surface area contributed by atoms with E-state index in [4.69, 9.17) is 0 Å². The van der Waals surface area contributed by atoms with Gasteiger partial charge >= 0.3 is 0 Å². The van der Waals surface area contributed by atoms with Crippen LogP contribution in [0.3, 0.4) is 0 Å². The molecule has 1 saturated carbocycles. The molecule has 0 unspecified atom stereocenters. The number of nitrogens with one attached hydrogen (secondary N) is 2. The Morgan fingerprint density at radius 2 is 1.76 bits per heavy atom. The Morgan fingerprint density at radius 1 is 1.11 bits per heavy atom. The molecular formula is C27H42N4O5S. The smallest absolute Gasteiger partial charge is 0.248 e. The zero-order valence-electron chi connectivity index (χ0n) is 22.1. The second-order valence-corrected chi connectivity index (χ2v) is 12.8. The highest BCUT2D eigenvalue weighted by Gasteiger charge is 2.55. The third kappa shape index (κ3) is 6.46. The fraction of sp³-hybridized carbons (Fsp3) is 0.704. The number of carbonyl (C=O) groups is 2. The van der Waals surface area contributed by atoms with Crippen molar-refractivity contribution in [3.05, 3.63) is 29.8 Å². The predicted molar refractivity (Wildman–Crippen MR) is 143 cm³/mol. The van der Waals surface area contributed by atoms with Gasteiger partial charge in [0.15, 0.2) is 0 Å². The maximum absolute atomic E-state index is 13.7. The van der Waals surface area contributed by atoms with Crippen LogP contribution in [0.15, 0.2) is 24.3 Å². The number of aliphatic hydroxyl groups is 1. The van der Waals surface area contributed by atoms with E-state index in [0.29, 0.717) is 44.7 Å². The Kier molecular flexibility index (Phi) is 8.81. The largest absolute Gasteiger partial charge is 0.390 e. The monoisotopic (exact) mass is 534 g/mol. The number of benzene rings is 1. The molecule has 10 heteroatoms. The Morgan fingerprint density at radius 3 is 2.35 bits per heavy atom. The first-order chi connectivity index (χ1) is 17.6.